The maximum Gasteiger partial charge on any atom is 0.0622 e. The molecule has 16 heavy (non-hydrogen) atoms. The van der Waals surface area contributed by atoms with Crippen LogP contribution in [0.1, 0.15) is 24.0 Å². The highest BCUT2D eigenvalue weighted by Gasteiger charge is 2.20. The average Bonchev–Trinajstić information content (AvgIpc) is 2.31. The molecule has 1 N–H and O–H groups in total. The molecule has 3 heteroatoms. The molecule has 0 saturated heterocycles. The van der Waals surface area contributed by atoms with E-state index < -0.39 is 0 Å². The van der Waals surface area contributed by atoms with E-state index in [1.54, 1.807) is 0 Å². The van der Waals surface area contributed by atoms with E-state index in [-0.39, 0.29) is 0 Å². The normalized spacial score (nSPS) is 18.4. The van der Waals surface area contributed by atoms with Crippen molar-refractivity contribution in [3.63, 3.8) is 0 Å². The van der Waals surface area contributed by atoms with Crippen LogP contribution in [0.15, 0.2) is 17.0 Å². The molecule has 0 spiro atoms. The topological polar surface area (TPSA) is 35.8 Å². The lowest BCUT2D eigenvalue weighted by Crippen LogP contribution is -2.26. The first-order valence-electron chi connectivity index (χ1n) is 5.59. The van der Waals surface area contributed by atoms with Crippen molar-refractivity contribution in [3.8, 4) is 6.07 Å². The zero-order chi connectivity index (χ0) is 11.5. The maximum absolute atomic E-state index is 8.61. The SMILES string of the molecule is Cc1ccc(C)c2c1NC(CCC#N)CS2. The fraction of sp³-hybridized carbons (Fsp3) is 0.462. The third-order valence-corrected chi connectivity index (χ3v) is 4.33. The Morgan fingerprint density at radius 1 is 1.44 bits per heavy atom. The Bertz CT molecular complexity index is 434. The van der Waals surface area contributed by atoms with Gasteiger partial charge in [-0.2, -0.15) is 5.26 Å². The molecule has 1 aliphatic rings. The van der Waals surface area contributed by atoms with Crippen molar-refractivity contribution in [2.45, 2.75) is 37.6 Å². The van der Waals surface area contributed by atoms with Crippen LogP contribution in [0.3, 0.4) is 0 Å². The van der Waals surface area contributed by atoms with Crippen LogP contribution in [0.25, 0.3) is 0 Å². The monoisotopic (exact) mass is 232 g/mol. The minimum atomic E-state index is 0.442. The summed E-state index contributed by atoms with van der Waals surface area (Å²) in [7, 11) is 0. The van der Waals surface area contributed by atoms with Gasteiger partial charge in [-0.05, 0) is 31.4 Å². The summed E-state index contributed by atoms with van der Waals surface area (Å²) in [6, 6.07) is 7.00. The Balaban J connectivity index is 2.20. The summed E-state index contributed by atoms with van der Waals surface area (Å²) >= 11 is 1.92. The minimum Gasteiger partial charge on any atom is -0.380 e. The Morgan fingerprint density at radius 2 is 2.19 bits per heavy atom. The summed E-state index contributed by atoms with van der Waals surface area (Å²) in [6.45, 7) is 4.29. The number of hydrogen-bond donors (Lipinski definition) is 1. The number of nitrogens with zero attached hydrogens (tertiary/aromatic N) is 1. The quantitative estimate of drug-likeness (QED) is 0.847. The van der Waals surface area contributed by atoms with Crippen molar-refractivity contribution in [2.24, 2.45) is 0 Å². The molecule has 1 unspecified atom stereocenters. The molecule has 1 heterocycles. The number of hydrogen-bond acceptors (Lipinski definition) is 3. The summed E-state index contributed by atoms with van der Waals surface area (Å²) in [4.78, 5) is 1.38. The zero-order valence-corrected chi connectivity index (χ0v) is 10.5. The Kier molecular flexibility index (Phi) is 3.40. The predicted octanol–water partition coefficient (Wildman–Crippen LogP) is 3.49. The van der Waals surface area contributed by atoms with Gasteiger partial charge in [-0.3, -0.25) is 0 Å². The van der Waals surface area contributed by atoms with E-state index in [1.165, 1.54) is 21.7 Å². The molecule has 1 atom stereocenters. The molecule has 0 bridgehead atoms. The number of rotatable bonds is 2. The van der Waals surface area contributed by atoms with Crippen molar-refractivity contribution in [3.05, 3.63) is 23.3 Å². The number of nitriles is 1. The van der Waals surface area contributed by atoms with Crippen LogP contribution in [0, 0.1) is 25.2 Å². The van der Waals surface area contributed by atoms with Crippen molar-refractivity contribution < 1.29 is 0 Å². The third-order valence-electron chi connectivity index (χ3n) is 2.94. The summed E-state index contributed by atoms with van der Waals surface area (Å²) in [5, 5.41) is 12.2. The highest BCUT2D eigenvalue weighted by molar-refractivity contribution is 7.99. The summed E-state index contributed by atoms with van der Waals surface area (Å²) < 4.78 is 0. The second-order valence-electron chi connectivity index (χ2n) is 4.25. The fourth-order valence-corrected chi connectivity index (χ4v) is 3.25. The molecule has 0 amide bonds. The maximum atomic E-state index is 8.61. The molecule has 0 fully saturated rings. The molecular formula is C13H16N2S. The summed E-state index contributed by atoms with van der Waals surface area (Å²) in [5.74, 6) is 1.07. The molecule has 0 saturated carbocycles. The van der Waals surface area contributed by atoms with Gasteiger partial charge >= 0.3 is 0 Å². The van der Waals surface area contributed by atoms with Crippen molar-refractivity contribution >= 4 is 17.4 Å². The molecule has 0 radical (unpaired) electrons. The van der Waals surface area contributed by atoms with Gasteiger partial charge in [0.1, 0.15) is 0 Å². The molecule has 1 aromatic carbocycles. The smallest absolute Gasteiger partial charge is 0.0622 e. The number of fused-ring (bicyclic) bond motifs is 1. The summed E-state index contributed by atoms with van der Waals surface area (Å²) in [5.41, 5.74) is 3.92. The molecule has 84 valence electrons. The number of anilines is 1. The number of thioether (sulfide) groups is 1. The van der Waals surface area contributed by atoms with E-state index in [0.29, 0.717) is 12.5 Å². The van der Waals surface area contributed by atoms with Gasteiger partial charge in [-0.1, -0.05) is 12.1 Å². The fourth-order valence-electron chi connectivity index (χ4n) is 1.97. The first-order valence-corrected chi connectivity index (χ1v) is 6.57. The molecular weight excluding hydrogens is 216 g/mol. The van der Waals surface area contributed by atoms with Crippen molar-refractivity contribution in [2.75, 3.05) is 11.1 Å². The highest BCUT2D eigenvalue weighted by Crippen LogP contribution is 2.38. The van der Waals surface area contributed by atoms with Gasteiger partial charge in [-0.15, -0.1) is 11.8 Å². The number of aryl methyl sites for hydroxylation is 2. The highest BCUT2D eigenvalue weighted by atomic mass is 32.2. The van der Waals surface area contributed by atoms with E-state index in [0.717, 1.165) is 12.2 Å². The lowest BCUT2D eigenvalue weighted by Gasteiger charge is -2.28. The van der Waals surface area contributed by atoms with Crippen LogP contribution < -0.4 is 5.32 Å². The van der Waals surface area contributed by atoms with Gasteiger partial charge in [0.25, 0.3) is 0 Å². The Morgan fingerprint density at radius 3 is 2.94 bits per heavy atom. The minimum absolute atomic E-state index is 0.442. The van der Waals surface area contributed by atoms with Gasteiger partial charge in [0.15, 0.2) is 0 Å². The molecule has 0 aliphatic carbocycles. The first kappa shape index (κ1) is 11.3. The van der Waals surface area contributed by atoms with E-state index in [9.17, 15) is 0 Å². The second kappa shape index (κ2) is 4.80. The van der Waals surface area contributed by atoms with Gasteiger partial charge in [-0.25, -0.2) is 0 Å². The van der Waals surface area contributed by atoms with Crippen molar-refractivity contribution in [1.82, 2.24) is 0 Å². The van der Waals surface area contributed by atoms with Gasteiger partial charge in [0, 0.05) is 23.1 Å². The molecule has 2 nitrogen and oxygen atoms in total. The zero-order valence-electron chi connectivity index (χ0n) is 9.71. The largest absolute Gasteiger partial charge is 0.380 e. The lowest BCUT2D eigenvalue weighted by atomic mass is 10.1. The second-order valence-corrected chi connectivity index (χ2v) is 5.28. The molecule has 0 aromatic heterocycles. The Hall–Kier alpha value is -1.14. The van der Waals surface area contributed by atoms with Crippen LogP contribution in [0.4, 0.5) is 5.69 Å². The summed E-state index contributed by atoms with van der Waals surface area (Å²) in [6.07, 6.45) is 1.58. The van der Waals surface area contributed by atoms with Crippen LogP contribution in [0.5, 0.6) is 0 Å². The predicted molar refractivity (Wildman–Crippen MR) is 68.9 cm³/mol. The van der Waals surface area contributed by atoms with E-state index >= 15 is 0 Å². The van der Waals surface area contributed by atoms with E-state index in [1.807, 2.05) is 11.8 Å². The molecule has 1 aromatic rings. The van der Waals surface area contributed by atoms with E-state index in [4.69, 9.17) is 5.26 Å². The van der Waals surface area contributed by atoms with Gasteiger partial charge in [0.2, 0.25) is 0 Å². The van der Waals surface area contributed by atoms with Crippen LogP contribution in [-0.4, -0.2) is 11.8 Å². The van der Waals surface area contributed by atoms with E-state index in [2.05, 4.69) is 37.4 Å². The Labute approximate surface area is 101 Å². The van der Waals surface area contributed by atoms with Gasteiger partial charge in [0.05, 0.1) is 11.8 Å². The number of benzene rings is 1. The standard InChI is InChI=1S/C13H16N2S/c1-9-5-6-10(2)13-12(9)15-11(8-16-13)4-3-7-14/h5-6,11,15H,3-4,8H2,1-2H3. The lowest BCUT2D eigenvalue weighted by molar-refractivity contribution is 0.722. The molecule has 1 aliphatic heterocycles. The van der Waals surface area contributed by atoms with Crippen LogP contribution in [-0.2, 0) is 0 Å². The average molecular weight is 232 g/mol. The van der Waals surface area contributed by atoms with Crippen LogP contribution >= 0.6 is 11.8 Å². The third kappa shape index (κ3) is 2.17. The van der Waals surface area contributed by atoms with Crippen LogP contribution in [0.2, 0.25) is 0 Å². The number of nitrogens with one attached hydrogen (secondary N) is 1. The molecule has 2 rings (SSSR count). The van der Waals surface area contributed by atoms with Crippen molar-refractivity contribution in [1.29, 1.82) is 5.26 Å². The van der Waals surface area contributed by atoms with Gasteiger partial charge < -0.3 is 5.32 Å². The first-order chi connectivity index (χ1) is 7.72.